The number of nitrogens with zero attached hydrogens (tertiary/aromatic N) is 1. The van der Waals surface area contributed by atoms with Gasteiger partial charge in [0, 0.05) is 25.0 Å². The summed E-state index contributed by atoms with van der Waals surface area (Å²) in [6.07, 6.45) is 0.979. The van der Waals surface area contributed by atoms with Crippen molar-refractivity contribution in [2.24, 2.45) is 5.92 Å². The number of hydrogen-bond acceptors (Lipinski definition) is 5. The number of carboxylic acid groups (broad SMARTS) is 1. The Morgan fingerprint density at radius 3 is 2.62 bits per heavy atom. The molecule has 0 radical (unpaired) electrons. The van der Waals surface area contributed by atoms with E-state index in [0.717, 1.165) is 0 Å². The first-order chi connectivity index (χ1) is 9.95. The maximum atomic E-state index is 12.5. The standard InChI is InChI=1S/C14H19NO5S/c1-2-20-12-5-7-13(8-6-12)21(18,19)15-9-3-4-11(10-15)14(16)17/h5-8,11H,2-4,9-10H2,1H3,(H,16,17)/p-1/t11-/m0/s1. The Labute approximate surface area is 124 Å². The zero-order chi connectivity index (χ0) is 15.5. The van der Waals surface area contributed by atoms with Crippen LogP contribution in [0.4, 0.5) is 0 Å². The third-order valence-electron chi connectivity index (χ3n) is 3.49. The van der Waals surface area contributed by atoms with Gasteiger partial charge in [0.2, 0.25) is 10.0 Å². The van der Waals surface area contributed by atoms with Gasteiger partial charge in [-0.05, 0) is 44.0 Å². The van der Waals surface area contributed by atoms with Gasteiger partial charge in [-0.25, -0.2) is 8.42 Å². The lowest BCUT2D eigenvalue weighted by atomic mass is 10.0. The molecule has 0 spiro atoms. The van der Waals surface area contributed by atoms with Gasteiger partial charge in [0.1, 0.15) is 5.75 Å². The quantitative estimate of drug-likeness (QED) is 0.777. The van der Waals surface area contributed by atoms with Gasteiger partial charge < -0.3 is 14.6 Å². The van der Waals surface area contributed by atoms with Crippen molar-refractivity contribution in [3.63, 3.8) is 0 Å². The third kappa shape index (κ3) is 3.54. The number of ether oxygens (including phenoxy) is 1. The maximum absolute atomic E-state index is 12.5. The third-order valence-corrected chi connectivity index (χ3v) is 5.37. The van der Waals surface area contributed by atoms with E-state index in [1.54, 1.807) is 12.1 Å². The van der Waals surface area contributed by atoms with E-state index in [4.69, 9.17) is 4.74 Å². The minimum absolute atomic E-state index is 0.0299. The molecular weight excluding hydrogens is 294 g/mol. The SMILES string of the molecule is CCOc1ccc(S(=O)(=O)N2CCC[C@H](C(=O)[O-])C2)cc1. The van der Waals surface area contributed by atoms with E-state index in [0.29, 0.717) is 31.7 Å². The van der Waals surface area contributed by atoms with E-state index in [2.05, 4.69) is 0 Å². The predicted octanol–water partition coefficient (Wildman–Crippen LogP) is 0.236. The molecule has 1 saturated heterocycles. The molecule has 0 aromatic heterocycles. The number of carboxylic acids is 1. The average Bonchev–Trinajstić information content (AvgIpc) is 2.48. The molecule has 7 heteroatoms. The second-order valence-electron chi connectivity index (χ2n) is 4.93. The van der Waals surface area contributed by atoms with E-state index in [1.807, 2.05) is 6.92 Å². The fourth-order valence-electron chi connectivity index (χ4n) is 2.38. The van der Waals surface area contributed by atoms with Crippen molar-refractivity contribution >= 4 is 16.0 Å². The van der Waals surface area contributed by atoms with Crippen molar-refractivity contribution in [2.45, 2.75) is 24.7 Å². The van der Waals surface area contributed by atoms with Crippen molar-refractivity contribution in [3.05, 3.63) is 24.3 Å². The molecule has 1 aromatic rings. The van der Waals surface area contributed by atoms with E-state index in [9.17, 15) is 18.3 Å². The summed E-state index contributed by atoms with van der Waals surface area (Å²) < 4.78 is 31.5. The van der Waals surface area contributed by atoms with Crippen molar-refractivity contribution in [1.29, 1.82) is 0 Å². The second kappa shape index (κ2) is 6.44. The lowest BCUT2D eigenvalue weighted by Gasteiger charge is -2.32. The number of benzene rings is 1. The van der Waals surface area contributed by atoms with Gasteiger partial charge in [-0.2, -0.15) is 4.31 Å². The number of carbonyl (C=O) groups is 1. The Hall–Kier alpha value is -1.60. The van der Waals surface area contributed by atoms with Gasteiger partial charge in [0.05, 0.1) is 11.5 Å². The van der Waals surface area contributed by atoms with Crippen molar-refractivity contribution < 1.29 is 23.1 Å². The summed E-state index contributed by atoms with van der Waals surface area (Å²) in [7, 11) is -3.67. The van der Waals surface area contributed by atoms with Gasteiger partial charge in [0.25, 0.3) is 0 Å². The molecular formula is C14H18NO5S-. The summed E-state index contributed by atoms with van der Waals surface area (Å²) in [5.74, 6) is -1.33. The topological polar surface area (TPSA) is 86.7 Å². The summed E-state index contributed by atoms with van der Waals surface area (Å²) in [6.45, 7) is 2.65. The highest BCUT2D eigenvalue weighted by Gasteiger charge is 2.30. The van der Waals surface area contributed by atoms with E-state index < -0.39 is 21.9 Å². The molecule has 6 nitrogen and oxygen atoms in total. The van der Waals surface area contributed by atoms with Crippen LogP contribution in [0.3, 0.4) is 0 Å². The van der Waals surface area contributed by atoms with E-state index in [-0.39, 0.29) is 11.4 Å². The van der Waals surface area contributed by atoms with E-state index >= 15 is 0 Å². The number of sulfonamides is 1. The number of rotatable bonds is 5. The van der Waals surface area contributed by atoms with Crippen LogP contribution in [0, 0.1) is 5.92 Å². The molecule has 0 saturated carbocycles. The van der Waals surface area contributed by atoms with Gasteiger partial charge >= 0.3 is 0 Å². The first kappa shape index (κ1) is 15.8. The molecule has 1 aliphatic rings. The summed E-state index contributed by atoms with van der Waals surface area (Å²) in [4.78, 5) is 11.1. The largest absolute Gasteiger partial charge is 0.550 e. The van der Waals surface area contributed by atoms with Crippen molar-refractivity contribution in [2.75, 3.05) is 19.7 Å². The molecule has 1 heterocycles. The van der Waals surface area contributed by atoms with Gasteiger partial charge in [-0.15, -0.1) is 0 Å². The summed E-state index contributed by atoms with van der Waals surface area (Å²) in [5, 5.41) is 10.9. The van der Waals surface area contributed by atoms with Crippen LogP contribution in [0.1, 0.15) is 19.8 Å². The smallest absolute Gasteiger partial charge is 0.243 e. The molecule has 0 N–H and O–H groups in total. The Balaban J connectivity index is 2.18. The molecule has 0 unspecified atom stereocenters. The molecule has 116 valence electrons. The van der Waals surface area contributed by atoms with Crippen LogP contribution in [0.2, 0.25) is 0 Å². The van der Waals surface area contributed by atoms with Crippen molar-refractivity contribution in [1.82, 2.24) is 4.31 Å². The normalized spacial score (nSPS) is 20.1. The zero-order valence-corrected chi connectivity index (χ0v) is 12.6. The monoisotopic (exact) mass is 312 g/mol. The Morgan fingerprint density at radius 2 is 2.05 bits per heavy atom. The van der Waals surface area contributed by atoms with Crippen LogP contribution in [-0.4, -0.2) is 38.4 Å². The van der Waals surface area contributed by atoms with Crippen LogP contribution in [0.15, 0.2) is 29.2 Å². The fraction of sp³-hybridized carbons (Fsp3) is 0.500. The van der Waals surface area contributed by atoms with Crippen LogP contribution in [0.5, 0.6) is 5.75 Å². The lowest BCUT2D eigenvalue weighted by Crippen LogP contribution is -2.46. The van der Waals surface area contributed by atoms with Crippen molar-refractivity contribution in [3.8, 4) is 5.75 Å². The van der Waals surface area contributed by atoms with Crippen LogP contribution in [-0.2, 0) is 14.8 Å². The highest BCUT2D eigenvalue weighted by atomic mass is 32.2. The molecule has 1 atom stereocenters. The number of carbonyl (C=O) groups excluding carboxylic acids is 1. The highest BCUT2D eigenvalue weighted by Crippen LogP contribution is 2.24. The average molecular weight is 312 g/mol. The van der Waals surface area contributed by atoms with Crippen LogP contribution < -0.4 is 9.84 Å². The van der Waals surface area contributed by atoms with Crippen LogP contribution >= 0.6 is 0 Å². The molecule has 0 bridgehead atoms. The molecule has 0 aliphatic carbocycles. The van der Waals surface area contributed by atoms with Gasteiger partial charge in [-0.3, -0.25) is 0 Å². The van der Waals surface area contributed by atoms with Gasteiger partial charge in [-0.1, -0.05) is 0 Å². The lowest BCUT2D eigenvalue weighted by molar-refractivity contribution is -0.312. The summed E-state index contributed by atoms with van der Waals surface area (Å²) >= 11 is 0. The van der Waals surface area contributed by atoms with E-state index in [1.165, 1.54) is 16.4 Å². The molecule has 1 aromatic carbocycles. The highest BCUT2D eigenvalue weighted by molar-refractivity contribution is 7.89. The Kier molecular flexibility index (Phi) is 4.84. The first-order valence-corrected chi connectivity index (χ1v) is 8.33. The number of hydrogen-bond donors (Lipinski definition) is 0. The van der Waals surface area contributed by atoms with Gasteiger partial charge in [0.15, 0.2) is 0 Å². The van der Waals surface area contributed by atoms with Crippen LogP contribution in [0.25, 0.3) is 0 Å². The number of aliphatic carboxylic acids is 1. The minimum atomic E-state index is -3.67. The number of piperidine rings is 1. The first-order valence-electron chi connectivity index (χ1n) is 6.89. The minimum Gasteiger partial charge on any atom is -0.550 e. The molecule has 21 heavy (non-hydrogen) atoms. The molecule has 0 amide bonds. The molecule has 2 rings (SSSR count). The maximum Gasteiger partial charge on any atom is 0.243 e. The second-order valence-corrected chi connectivity index (χ2v) is 6.86. The predicted molar refractivity (Wildman–Crippen MR) is 74.1 cm³/mol. The molecule has 1 aliphatic heterocycles. The summed E-state index contributed by atoms with van der Waals surface area (Å²) in [6, 6.07) is 6.14. The molecule has 1 fully saturated rings. The summed E-state index contributed by atoms with van der Waals surface area (Å²) in [5.41, 5.74) is 0. The Bertz CT molecular complexity index is 596. The zero-order valence-electron chi connectivity index (χ0n) is 11.8. The Morgan fingerprint density at radius 1 is 1.38 bits per heavy atom. The fourth-order valence-corrected chi connectivity index (χ4v) is 3.90.